The molecule has 0 fully saturated rings. The van der Waals surface area contributed by atoms with E-state index < -0.39 is 5.97 Å². The summed E-state index contributed by atoms with van der Waals surface area (Å²) in [6.07, 6.45) is 0. The Labute approximate surface area is 118 Å². The predicted molar refractivity (Wildman–Crippen MR) is 76.7 cm³/mol. The summed E-state index contributed by atoms with van der Waals surface area (Å²) >= 11 is 8.87. The van der Waals surface area contributed by atoms with Gasteiger partial charge in [-0.2, -0.15) is 0 Å². The number of hydrogen-bond donors (Lipinski definition) is 2. The predicted octanol–water partition coefficient (Wildman–Crippen LogP) is 3.97. The average molecular weight is 300 g/mol. The normalized spacial score (nSPS) is 10.5. The van der Waals surface area contributed by atoms with Crippen LogP contribution in [0.5, 0.6) is 0 Å². The van der Waals surface area contributed by atoms with Gasteiger partial charge in [0.1, 0.15) is 4.88 Å². The first-order chi connectivity index (χ1) is 8.56. The van der Waals surface area contributed by atoms with Crippen LogP contribution in [0.15, 0.2) is 35.2 Å². The summed E-state index contributed by atoms with van der Waals surface area (Å²) in [7, 11) is 0. The molecule has 2 aromatic rings. The van der Waals surface area contributed by atoms with E-state index in [1.165, 1.54) is 11.3 Å². The van der Waals surface area contributed by atoms with Crippen molar-refractivity contribution in [1.82, 2.24) is 0 Å². The van der Waals surface area contributed by atoms with Crippen molar-refractivity contribution in [1.29, 1.82) is 0 Å². The molecule has 18 heavy (non-hydrogen) atoms. The highest BCUT2D eigenvalue weighted by molar-refractivity contribution is 7.98. The van der Waals surface area contributed by atoms with Gasteiger partial charge >= 0.3 is 5.97 Å². The first-order valence-corrected chi connectivity index (χ1v) is 7.24. The molecule has 94 valence electrons. The maximum atomic E-state index is 10.8. The van der Waals surface area contributed by atoms with E-state index in [0.717, 1.165) is 9.77 Å². The van der Waals surface area contributed by atoms with E-state index >= 15 is 0 Å². The van der Waals surface area contributed by atoms with Crippen molar-refractivity contribution in [3.63, 3.8) is 0 Å². The van der Waals surface area contributed by atoms with Crippen LogP contribution in [0.3, 0.4) is 0 Å². The number of nitrogen functional groups attached to an aromatic ring is 1. The quantitative estimate of drug-likeness (QED) is 0.662. The zero-order valence-electron chi connectivity index (χ0n) is 9.22. The van der Waals surface area contributed by atoms with Crippen molar-refractivity contribution in [2.45, 2.75) is 10.6 Å². The Hall–Kier alpha value is -1.17. The Morgan fingerprint density at radius 1 is 1.39 bits per heavy atom. The highest BCUT2D eigenvalue weighted by atomic mass is 35.5. The number of carboxylic acids is 1. The Kier molecular flexibility index (Phi) is 4.16. The molecule has 0 radical (unpaired) electrons. The van der Waals surface area contributed by atoms with Crippen LogP contribution >= 0.6 is 34.7 Å². The number of thioether (sulfide) groups is 1. The second kappa shape index (κ2) is 5.65. The Morgan fingerprint density at radius 2 is 2.17 bits per heavy atom. The molecule has 3 nitrogen and oxygen atoms in total. The van der Waals surface area contributed by atoms with E-state index in [-0.39, 0.29) is 0 Å². The van der Waals surface area contributed by atoms with Gasteiger partial charge in [-0.1, -0.05) is 11.6 Å². The number of carbonyl (C=O) groups is 1. The molecule has 1 aromatic heterocycles. The maximum absolute atomic E-state index is 10.8. The van der Waals surface area contributed by atoms with Crippen LogP contribution in [0.4, 0.5) is 5.69 Å². The molecule has 2 rings (SSSR count). The zero-order valence-corrected chi connectivity index (χ0v) is 11.6. The molecular formula is C12H10ClNO2S2. The Balaban J connectivity index is 2.06. The molecule has 0 unspecified atom stereocenters. The van der Waals surface area contributed by atoms with Gasteiger partial charge in [0.15, 0.2) is 0 Å². The average Bonchev–Trinajstić information content (AvgIpc) is 2.79. The fourth-order valence-corrected chi connectivity index (χ4v) is 3.50. The van der Waals surface area contributed by atoms with Gasteiger partial charge in [-0.15, -0.1) is 23.1 Å². The summed E-state index contributed by atoms with van der Waals surface area (Å²) in [4.78, 5) is 13.0. The van der Waals surface area contributed by atoms with Gasteiger partial charge in [0.2, 0.25) is 0 Å². The number of benzene rings is 1. The molecule has 1 aromatic carbocycles. The second-order valence-electron chi connectivity index (χ2n) is 3.55. The monoisotopic (exact) mass is 299 g/mol. The number of rotatable bonds is 4. The number of aromatic carboxylic acids is 1. The third-order valence-corrected chi connectivity index (χ3v) is 5.00. The zero-order chi connectivity index (χ0) is 13.1. The van der Waals surface area contributed by atoms with Gasteiger partial charge in [-0.05, 0) is 30.3 Å². The molecule has 0 saturated heterocycles. The van der Waals surface area contributed by atoms with Crippen molar-refractivity contribution >= 4 is 46.4 Å². The number of halogens is 1. The highest BCUT2D eigenvalue weighted by Gasteiger charge is 2.08. The summed E-state index contributed by atoms with van der Waals surface area (Å²) in [5.74, 6) is -0.209. The standard InChI is InChI=1S/C12H10ClNO2S2/c13-9-3-1-7(14)5-11(9)17-6-8-2-4-10(18-8)12(15)16/h1-5H,6,14H2,(H,15,16). The van der Waals surface area contributed by atoms with E-state index in [0.29, 0.717) is 21.3 Å². The summed E-state index contributed by atoms with van der Waals surface area (Å²) in [5, 5.41) is 9.49. The molecule has 0 saturated carbocycles. The van der Waals surface area contributed by atoms with Gasteiger partial charge in [0.05, 0.1) is 5.02 Å². The smallest absolute Gasteiger partial charge is 0.345 e. The van der Waals surface area contributed by atoms with Crippen LogP contribution in [0.1, 0.15) is 14.5 Å². The first-order valence-electron chi connectivity index (χ1n) is 5.06. The number of thiophene rings is 1. The Bertz CT molecular complexity index is 583. The van der Waals surface area contributed by atoms with E-state index in [4.69, 9.17) is 22.4 Å². The van der Waals surface area contributed by atoms with Crippen molar-refractivity contribution < 1.29 is 9.90 Å². The van der Waals surface area contributed by atoms with E-state index in [9.17, 15) is 4.79 Å². The fraction of sp³-hybridized carbons (Fsp3) is 0.0833. The molecular weight excluding hydrogens is 290 g/mol. The lowest BCUT2D eigenvalue weighted by atomic mass is 10.3. The lowest BCUT2D eigenvalue weighted by Gasteiger charge is -2.03. The van der Waals surface area contributed by atoms with Gasteiger partial charge in [0.25, 0.3) is 0 Å². The van der Waals surface area contributed by atoms with Crippen molar-refractivity contribution in [2.75, 3.05) is 5.73 Å². The molecule has 6 heteroatoms. The molecule has 1 heterocycles. The molecule has 0 aliphatic rings. The molecule has 0 bridgehead atoms. The largest absolute Gasteiger partial charge is 0.477 e. The third kappa shape index (κ3) is 3.19. The molecule has 0 aliphatic carbocycles. The Morgan fingerprint density at radius 3 is 2.83 bits per heavy atom. The lowest BCUT2D eigenvalue weighted by Crippen LogP contribution is -1.89. The number of anilines is 1. The van der Waals surface area contributed by atoms with E-state index in [1.54, 1.807) is 30.0 Å². The topological polar surface area (TPSA) is 63.3 Å². The van der Waals surface area contributed by atoms with Crippen LogP contribution in [0.25, 0.3) is 0 Å². The summed E-state index contributed by atoms with van der Waals surface area (Å²) in [5.41, 5.74) is 6.36. The van der Waals surface area contributed by atoms with Crippen LogP contribution < -0.4 is 5.73 Å². The van der Waals surface area contributed by atoms with Crippen LogP contribution in [-0.4, -0.2) is 11.1 Å². The minimum Gasteiger partial charge on any atom is -0.477 e. The molecule has 0 spiro atoms. The van der Waals surface area contributed by atoms with Gasteiger partial charge in [-0.25, -0.2) is 4.79 Å². The van der Waals surface area contributed by atoms with Crippen LogP contribution in [0.2, 0.25) is 5.02 Å². The summed E-state index contributed by atoms with van der Waals surface area (Å²) in [6, 6.07) is 8.76. The minimum atomic E-state index is -0.891. The van der Waals surface area contributed by atoms with Gasteiger partial charge in [0, 0.05) is 21.2 Å². The van der Waals surface area contributed by atoms with Crippen molar-refractivity contribution in [3.8, 4) is 0 Å². The van der Waals surface area contributed by atoms with Crippen LogP contribution in [0, 0.1) is 0 Å². The first kappa shape index (κ1) is 13.3. The maximum Gasteiger partial charge on any atom is 0.345 e. The van der Waals surface area contributed by atoms with Crippen molar-refractivity contribution in [3.05, 3.63) is 45.1 Å². The lowest BCUT2D eigenvalue weighted by molar-refractivity contribution is 0.0702. The fourth-order valence-electron chi connectivity index (χ4n) is 1.35. The number of nitrogens with two attached hydrogens (primary N) is 1. The number of hydrogen-bond acceptors (Lipinski definition) is 4. The second-order valence-corrected chi connectivity index (χ2v) is 6.14. The minimum absolute atomic E-state index is 0.351. The van der Waals surface area contributed by atoms with Gasteiger partial charge in [-0.3, -0.25) is 0 Å². The molecule has 3 N–H and O–H groups in total. The molecule has 0 amide bonds. The SMILES string of the molecule is Nc1ccc(Cl)c(SCc2ccc(C(=O)O)s2)c1. The van der Waals surface area contributed by atoms with Crippen molar-refractivity contribution in [2.24, 2.45) is 0 Å². The summed E-state index contributed by atoms with van der Waals surface area (Å²) in [6.45, 7) is 0. The van der Waals surface area contributed by atoms with Crippen LogP contribution in [-0.2, 0) is 5.75 Å². The van der Waals surface area contributed by atoms with Gasteiger partial charge < -0.3 is 10.8 Å². The molecule has 0 aliphatic heterocycles. The summed E-state index contributed by atoms with van der Waals surface area (Å²) < 4.78 is 0. The number of carboxylic acid groups (broad SMARTS) is 1. The third-order valence-electron chi connectivity index (χ3n) is 2.20. The van der Waals surface area contributed by atoms with E-state index in [2.05, 4.69) is 0 Å². The molecule has 0 atom stereocenters. The highest BCUT2D eigenvalue weighted by Crippen LogP contribution is 2.33. The van der Waals surface area contributed by atoms with E-state index in [1.807, 2.05) is 12.1 Å².